The van der Waals surface area contributed by atoms with E-state index in [1.807, 2.05) is 0 Å². The van der Waals surface area contributed by atoms with Crippen LogP contribution in [0.5, 0.6) is 0 Å². The summed E-state index contributed by atoms with van der Waals surface area (Å²) in [6, 6.07) is 0. The summed E-state index contributed by atoms with van der Waals surface area (Å²) in [6.45, 7) is 5.54. The molecule has 0 saturated carbocycles. The van der Waals surface area contributed by atoms with Gasteiger partial charge in [-0.1, -0.05) is 18.5 Å². The summed E-state index contributed by atoms with van der Waals surface area (Å²) < 4.78 is 0. The van der Waals surface area contributed by atoms with Crippen LogP contribution in [0.2, 0.25) is 0 Å². The van der Waals surface area contributed by atoms with E-state index in [4.69, 9.17) is 10.6 Å². The average molecular weight is 200 g/mol. The molecule has 0 saturated heterocycles. The number of nitrogens with zero attached hydrogens (tertiary/aromatic N) is 4. The fourth-order valence-corrected chi connectivity index (χ4v) is 1.27. The Kier molecular flexibility index (Phi) is 9.74. The van der Waals surface area contributed by atoms with Gasteiger partial charge in [-0.2, -0.15) is 0 Å². The first-order chi connectivity index (χ1) is 6.85. The number of unbranched alkanes of at least 4 members (excludes halogenated alkanes) is 1. The van der Waals surface area contributed by atoms with Gasteiger partial charge in [-0.25, -0.2) is 0 Å². The molecule has 1 N–H and O–H groups in total. The Morgan fingerprint density at radius 3 is 2.57 bits per heavy atom. The number of hydrogen-bond donors (Lipinski definition) is 1. The minimum Gasteiger partial charge on any atom is -0.395 e. The van der Waals surface area contributed by atoms with E-state index in [0.29, 0.717) is 6.54 Å². The molecule has 0 radical (unpaired) electrons. The molecule has 0 aliphatic rings. The zero-order valence-corrected chi connectivity index (χ0v) is 8.89. The van der Waals surface area contributed by atoms with E-state index < -0.39 is 0 Å². The van der Waals surface area contributed by atoms with Crippen molar-refractivity contribution in [1.29, 1.82) is 0 Å². The van der Waals surface area contributed by atoms with Crippen molar-refractivity contribution >= 4 is 0 Å². The molecule has 0 atom stereocenters. The number of rotatable bonds is 9. The minimum absolute atomic E-state index is 0.200. The van der Waals surface area contributed by atoms with E-state index in [1.54, 1.807) is 0 Å². The molecule has 0 heterocycles. The monoisotopic (exact) mass is 200 g/mol. The Morgan fingerprint density at radius 2 is 2.00 bits per heavy atom. The first-order valence-corrected chi connectivity index (χ1v) is 5.19. The van der Waals surface area contributed by atoms with Crippen molar-refractivity contribution in [2.24, 2.45) is 5.11 Å². The smallest absolute Gasteiger partial charge is 0.0558 e. The quantitative estimate of drug-likeness (QED) is 0.267. The summed E-state index contributed by atoms with van der Waals surface area (Å²) >= 11 is 0. The van der Waals surface area contributed by atoms with Crippen LogP contribution in [0.3, 0.4) is 0 Å². The van der Waals surface area contributed by atoms with Gasteiger partial charge in [-0.05, 0) is 31.5 Å². The molecular formula is C9H20N4O. The third-order valence-corrected chi connectivity index (χ3v) is 2.04. The Balaban J connectivity index is 3.55. The lowest BCUT2D eigenvalue weighted by molar-refractivity contribution is 0.193. The highest BCUT2D eigenvalue weighted by molar-refractivity contribution is 4.58. The summed E-state index contributed by atoms with van der Waals surface area (Å²) in [5.74, 6) is 0. The van der Waals surface area contributed by atoms with Crippen LogP contribution in [0.1, 0.15) is 26.2 Å². The van der Waals surface area contributed by atoms with Gasteiger partial charge in [-0.15, -0.1) is 0 Å². The summed E-state index contributed by atoms with van der Waals surface area (Å²) in [7, 11) is 0. The van der Waals surface area contributed by atoms with E-state index in [0.717, 1.165) is 38.9 Å². The molecule has 0 aromatic rings. The maximum atomic E-state index is 8.82. The molecule has 0 aliphatic carbocycles. The molecule has 0 aromatic heterocycles. The minimum atomic E-state index is 0.200. The van der Waals surface area contributed by atoms with Crippen molar-refractivity contribution in [1.82, 2.24) is 4.90 Å². The van der Waals surface area contributed by atoms with Gasteiger partial charge >= 0.3 is 0 Å². The topological polar surface area (TPSA) is 72.2 Å². The number of azide groups is 1. The predicted octanol–water partition coefficient (Wildman–Crippen LogP) is 1.78. The third-order valence-electron chi connectivity index (χ3n) is 2.04. The second-order valence-electron chi connectivity index (χ2n) is 3.23. The standard InChI is InChI=1S/C9H20N4O/c1-2-3-6-13(8-9-14)7-4-5-11-12-10/h14H,2-9H2,1H3. The first kappa shape index (κ1) is 13.2. The fraction of sp³-hybridized carbons (Fsp3) is 1.00. The van der Waals surface area contributed by atoms with Crippen LogP contribution in [0.15, 0.2) is 5.11 Å². The van der Waals surface area contributed by atoms with Crippen molar-refractivity contribution in [3.05, 3.63) is 10.4 Å². The van der Waals surface area contributed by atoms with Crippen molar-refractivity contribution in [3.8, 4) is 0 Å². The van der Waals surface area contributed by atoms with E-state index in [-0.39, 0.29) is 6.61 Å². The van der Waals surface area contributed by atoms with Crippen LogP contribution >= 0.6 is 0 Å². The predicted molar refractivity (Wildman–Crippen MR) is 57.1 cm³/mol. The van der Waals surface area contributed by atoms with Crippen molar-refractivity contribution in [2.45, 2.75) is 26.2 Å². The lowest BCUT2D eigenvalue weighted by atomic mass is 10.3. The molecular weight excluding hydrogens is 180 g/mol. The van der Waals surface area contributed by atoms with Gasteiger partial charge in [0.1, 0.15) is 0 Å². The Hall–Kier alpha value is -0.770. The van der Waals surface area contributed by atoms with Crippen molar-refractivity contribution < 1.29 is 5.11 Å². The van der Waals surface area contributed by atoms with Crippen LogP contribution in [-0.2, 0) is 0 Å². The van der Waals surface area contributed by atoms with E-state index >= 15 is 0 Å². The fourth-order valence-electron chi connectivity index (χ4n) is 1.27. The summed E-state index contributed by atoms with van der Waals surface area (Å²) in [5.41, 5.74) is 8.08. The first-order valence-electron chi connectivity index (χ1n) is 5.19. The highest BCUT2D eigenvalue weighted by Crippen LogP contribution is 1.96. The maximum absolute atomic E-state index is 8.82. The zero-order valence-electron chi connectivity index (χ0n) is 8.89. The second kappa shape index (κ2) is 10.3. The normalized spacial score (nSPS) is 10.2. The number of aliphatic hydroxyl groups excluding tert-OH is 1. The second-order valence-corrected chi connectivity index (χ2v) is 3.23. The Morgan fingerprint density at radius 1 is 1.29 bits per heavy atom. The van der Waals surface area contributed by atoms with Crippen LogP contribution in [-0.4, -0.2) is 42.8 Å². The van der Waals surface area contributed by atoms with Gasteiger partial charge in [0.25, 0.3) is 0 Å². The highest BCUT2D eigenvalue weighted by Gasteiger charge is 2.01. The van der Waals surface area contributed by atoms with Crippen LogP contribution in [0, 0.1) is 0 Å². The van der Waals surface area contributed by atoms with Gasteiger partial charge in [0.15, 0.2) is 0 Å². The summed E-state index contributed by atoms with van der Waals surface area (Å²) in [4.78, 5) is 4.90. The van der Waals surface area contributed by atoms with E-state index in [1.165, 1.54) is 0 Å². The van der Waals surface area contributed by atoms with Crippen LogP contribution in [0.25, 0.3) is 10.4 Å². The zero-order chi connectivity index (χ0) is 10.6. The number of hydrogen-bond acceptors (Lipinski definition) is 3. The van der Waals surface area contributed by atoms with Gasteiger partial charge in [0.2, 0.25) is 0 Å². The molecule has 0 amide bonds. The number of aliphatic hydroxyl groups is 1. The summed E-state index contributed by atoms with van der Waals surface area (Å²) in [5, 5.41) is 12.3. The Bertz CT molecular complexity index is 168. The van der Waals surface area contributed by atoms with Crippen molar-refractivity contribution in [2.75, 3.05) is 32.8 Å². The summed E-state index contributed by atoms with van der Waals surface area (Å²) in [6.07, 6.45) is 3.19. The molecule has 82 valence electrons. The van der Waals surface area contributed by atoms with Crippen LogP contribution < -0.4 is 0 Å². The molecule has 0 unspecified atom stereocenters. The lowest BCUT2D eigenvalue weighted by Gasteiger charge is -2.20. The van der Waals surface area contributed by atoms with E-state index in [2.05, 4.69) is 21.8 Å². The molecule has 5 heteroatoms. The van der Waals surface area contributed by atoms with Gasteiger partial charge < -0.3 is 10.0 Å². The van der Waals surface area contributed by atoms with Gasteiger partial charge in [0.05, 0.1) is 6.61 Å². The highest BCUT2D eigenvalue weighted by atomic mass is 16.3. The molecule has 0 aromatic carbocycles. The maximum Gasteiger partial charge on any atom is 0.0558 e. The SMILES string of the molecule is CCCCN(CCO)CCCN=[N+]=[N-]. The third kappa shape index (κ3) is 7.86. The Labute approximate surface area is 85.3 Å². The van der Waals surface area contributed by atoms with Gasteiger partial charge in [0, 0.05) is 18.0 Å². The molecule has 14 heavy (non-hydrogen) atoms. The molecule has 5 nitrogen and oxygen atoms in total. The molecule has 0 aliphatic heterocycles. The largest absolute Gasteiger partial charge is 0.395 e. The average Bonchev–Trinajstić information content (AvgIpc) is 2.20. The van der Waals surface area contributed by atoms with Crippen LogP contribution in [0.4, 0.5) is 0 Å². The van der Waals surface area contributed by atoms with Gasteiger partial charge in [-0.3, -0.25) is 0 Å². The molecule has 0 fully saturated rings. The lowest BCUT2D eigenvalue weighted by Crippen LogP contribution is -2.29. The molecule has 0 bridgehead atoms. The van der Waals surface area contributed by atoms with Crippen molar-refractivity contribution in [3.63, 3.8) is 0 Å². The molecule has 0 spiro atoms. The molecule has 0 rings (SSSR count). The van der Waals surface area contributed by atoms with E-state index in [9.17, 15) is 0 Å².